The van der Waals surface area contributed by atoms with E-state index in [1.54, 1.807) is 7.11 Å². The van der Waals surface area contributed by atoms with Crippen LogP contribution < -0.4 is 5.32 Å². The fourth-order valence-electron chi connectivity index (χ4n) is 1.85. The van der Waals surface area contributed by atoms with Crippen molar-refractivity contribution in [1.82, 2.24) is 9.62 Å². The van der Waals surface area contributed by atoms with Crippen LogP contribution in [-0.2, 0) is 14.8 Å². The van der Waals surface area contributed by atoms with Crippen molar-refractivity contribution in [2.75, 3.05) is 39.1 Å². The molecule has 116 valence electrons. The summed E-state index contributed by atoms with van der Waals surface area (Å²) in [5.41, 5.74) is 0. The normalized spacial score (nSPS) is 12.5. The summed E-state index contributed by atoms with van der Waals surface area (Å²) >= 11 is 0. The molecule has 0 unspecified atom stereocenters. The van der Waals surface area contributed by atoms with Gasteiger partial charge in [0.1, 0.15) is 0 Å². The predicted molar refractivity (Wildman–Crippen MR) is 79.9 cm³/mol. The summed E-state index contributed by atoms with van der Waals surface area (Å²) in [5, 5.41) is 3.28. The van der Waals surface area contributed by atoms with Crippen LogP contribution in [-0.4, -0.2) is 57.9 Å². The average molecular weight is 294 g/mol. The van der Waals surface area contributed by atoms with Crippen molar-refractivity contribution in [2.24, 2.45) is 0 Å². The minimum Gasteiger partial charge on any atom is -0.383 e. The monoisotopic (exact) mass is 294 g/mol. The Morgan fingerprint density at radius 3 is 2.42 bits per heavy atom. The molecular formula is C13H30N2O3S. The lowest BCUT2D eigenvalue weighted by Gasteiger charge is -2.25. The van der Waals surface area contributed by atoms with E-state index in [2.05, 4.69) is 12.2 Å². The number of nitrogens with one attached hydrogen (secondary N) is 1. The number of unbranched alkanes of at least 4 members (excludes halogenated alkanes) is 1. The van der Waals surface area contributed by atoms with Gasteiger partial charge in [-0.25, -0.2) is 8.42 Å². The largest absolute Gasteiger partial charge is 0.383 e. The molecule has 0 heterocycles. The first-order valence-electron chi connectivity index (χ1n) is 7.14. The highest BCUT2D eigenvalue weighted by molar-refractivity contribution is 7.89. The second kappa shape index (κ2) is 10.6. The van der Waals surface area contributed by atoms with Crippen molar-refractivity contribution in [3.63, 3.8) is 0 Å². The molecule has 6 heteroatoms. The molecule has 0 amide bonds. The standard InChI is InChI=1S/C13H30N2O3S/c1-5-8-14-9-6-7-12-19(16,17)15(13(2)3)10-11-18-4/h13-14H,5-12H2,1-4H3. The van der Waals surface area contributed by atoms with E-state index in [1.165, 1.54) is 4.31 Å². The van der Waals surface area contributed by atoms with E-state index in [1.807, 2.05) is 13.8 Å². The summed E-state index contributed by atoms with van der Waals surface area (Å²) in [5.74, 6) is 0.225. The van der Waals surface area contributed by atoms with E-state index in [0.717, 1.165) is 25.9 Å². The molecule has 0 aromatic rings. The fourth-order valence-corrected chi connectivity index (χ4v) is 3.65. The third-order valence-electron chi connectivity index (χ3n) is 2.88. The van der Waals surface area contributed by atoms with Crippen LogP contribution in [0.15, 0.2) is 0 Å². The number of ether oxygens (including phenoxy) is 1. The summed E-state index contributed by atoms with van der Waals surface area (Å²) in [7, 11) is -1.57. The first-order chi connectivity index (χ1) is 8.95. The van der Waals surface area contributed by atoms with Crippen molar-refractivity contribution in [3.05, 3.63) is 0 Å². The summed E-state index contributed by atoms with van der Waals surface area (Å²) in [4.78, 5) is 0. The van der Waals surface area contributed by atoms with Gasteiger partial charge in [-0.2, -0.15) is 4.31 Å². The Morgan fingerprint density at radius 2 is 1.89 bits per heavy atom. The number of nitrogens with zero attached hydrogens (tertiary/aromatic N) is 1. The Hall–Kier alpha value is -0.170. The fraction of sp³-hybridized carbons (Fsp3) is 1.00. The number of hydrogen-bond donors (Lipinski definition) is 1. The van der Waals surface area contributed by atoms with E-state index in [9.17, 15) is 8.42 Å². The van der Waals surface area contributed by atoms with Crippen LogP contribution in [0.1, 0.15) is 40.0 Å². The molecule has 0 saturated carbocycles. The van der Waals surface area contributed by atoms with Gasteiger partial charge in [0.15, 0.2) is 0 Å². The molecule has 0 spiro atoms. The molecule has 1 N–H and O–H groups in total. The molecule has 0 saturated heterocycles. The predicted octanol–water partition coefficient (Wildman–Crippen LogP) is 1.45. The van der Waals surface area contributed by atoms with Gasteiger partial charge < -0.3 is 10.1 Å². The molecule has 0 aromatic heterocycles. The van der Waals surface area contributed by atoms with Crippen LogP contribution in [0.4, 0.5) is 0 Å². The maximum absolute atomic E-state index is 12.2. The molecule has 0 aliphatic rings. The lowest BCUT2D eigenvalue weighted by atomic mass is 10.3. The molecule has 0 rings (SSSR count). The maximum Gasteiger partial charge on any atom is 0.214 e. The maximum atomic E-state index is 12.2. The van der Waals surface area contributed by atoms with E-state index in [-0.39, 0.29) is 11.8 Å². The molecule has 0 aliphatic carbocycles. The van der Waals surface area contributed by atoms with Crippen LogP contribution >= 0.6 is 0 Å². The Morgan fingerprint density at radius 1 is 1.21 bits per heavy atom. The van der Waals surface area contributed by atoms with Crippen LogP contribution in [0.25, 0.3) is 0 Å². The van der Waals surface area contributed by atoms with Gasteiger partial charge in [0, 0.05) is 19.7 Å². The van der Waals surface area contributed by atoms with Gasteiger partial charge in [-0.15, -0.1) is 0 Å². The number of rotatable bonds is 12. The molecule has 0 aliphatic heterocycles. The van der Waals surface area contributed by atoms with Gasteiger partial charge >= 0.3 is 0 Å². The smallest absolute Gasteiger partial charge is 0.214 e. The van der Waals surface area contributed by atoms with Gasteiger partial charge in [0.2, 0.25) is 10.0 Å². The van der Waals surface area contributed by atoms with Crippen LogP contribution in [0.5, 0.6) is 0 Å². The summed E-state index contributed by atoms with van der Waals surface area (Å²) in [6.45, 7) is 8.68. The zero-order chi connectivity index (χ0) is 14.7. The van der Waals surface area contributed by atoms with E-state index >= 15 is 0 Å². The highest BCUT2D eigenvalue weighted by Crippen LogP contribution is 2.09. The first-order valence-corrected chi connectivity index (χ1v) is 8.75. The molecule has 19 heavy (non-hydrogen) atoms. The Balaban J connectivity index is 4.10. The average Bonchev–Trinajstić information content (AvgIpc) is 2.33. The molecule has 0 fully saturated rings. The Labute approximate surface area is 118 Å². The van der Waals surface area contributed by atoms with Gasteiger partial charge in [0.25, 0.3) is 0 Å². The van der Waals surface area contributed by atoms with Gasteiger partial charge in [-0.05, 0) is 46.2 Å². The third kappa shape index (κ3) is 8.57. The SMILES string of the molecule is CCCNCCCCS(=O)(=O)N(CCOC)C(C)C. The van der Waals surface area contributed by atoms with Gasteiger partial charge in [-0.3, -0.25) is 0 Å². The zero-order valence-electron chi connectivity index (χ0n) is 12.8. The van der Waals surface area contributed by atoms with Crippen LogP contribution in [0.3, 0.4) is 0 Å². The van der Waals surface area contributed by atoms with Gasteiger partial charge in [0.05, 0.1) is 12.4 Å². The number of methoxy groups -OCH3 is 1. The number of hydrogen-bond acceptors (Lipinski definition) is 4. The van der Waals surface area contributed by atoms with E-state index in [4.69, 9.17) is 4.74 Å². The summed E-state index contributed by atoms with van der Waals surface area (Å²) < 4.78 is 30.9. The van der Waals surface area contributed by atoms with Crippen molar-refractivity contribution >= 4 is 10.0 Å². The highest BCUT2D eigenvalue weighted by Gasteiger charge is 2.23. The molecule has 0 aromatic carbocycles. The van der Waals surface area contributed by atoms with Crippen molar-refractivity contribution in [3.8, 4) is 0 Å². The van der Waals surface area contributed by atoms with E-state index in [0.29, 0.717) is 19.6 Å². The number of sulfonamides is 1. The molecule has 5 nitrogen and oxygen atoms in total. The first kappa shape index (κ1) is 18.8. The summed E-state index contributed by atoms with van der Waals surface area (Å²) in [6.07, 6.45) is 2.71. The topological polar surface area (TPSA) is 58.6 Å². The third-order valence-corrected chi connectivity index (χ3v) is 5.01. The second-order valence-electron chi connectivity index (χ2n) is 4.97. The molecule has 0 bridgehead atoms. The van der Waals surface area contributed by atoms with Crippen molar-refractivity contribution in [2.45, 2.75) is 46.1 Å². The lowest BCUT2D eigenvalue weighted by Crippen LogP contribution is -2.40. The highest BCUT2D eigenvalue weighted by atomic mass is 32.2. The van der Waals surface area contributed by atoms with Gasteiger partial charge in [-0.1, -0.05) is 6.92 Å². The zero-order valence-corrected chi connectivity index (χ0v) is 13.6. The van der Waals surface area contributed by atoms with E-state index < -0.39 is 10.0 Å². The lowest BCUT2D eigenvalue weighted by molar-refractivity contribution is 0.171. The minimum absolute atomic E-state index is 0.0154. The second-order valence-corrected chi connectivity index (χ2v) is 7.01. The summed E-state index contributed by atoms with van der Waals surface area (Å²) in [6, 6.07) is -0.0154. The molecule has 0 radical (unpaired) electrons. The van der Waals surface area contributed by atoms with Crippen molar-refractivity contribution in [1.29, 1.82) is 0 Å². The Bertz CT molecular complexity index is 305. The van der Waals surface area contributed by atoms with Crippen LogP contribution in [0, 0.1) is 0 Å². The van der Waals surface area contributed by atoms with Crippen molar-refractivity contribution < 1.29 is 13.2 Å². The quantitative estimate of drug-likeness (QED) is 0.554. The van der Waals surface area contributed by atoms with Crippen LogP contribution in [0.2, 0.25) is 0 Å². The molecule has 0 atom stereocenters. The minimum atomic E-state index is -3.16. The molecular weight excluding hydrogens is 264 g/mol. The Kier molecular flexibility index (Phi) is 10.5.